The van der Waals surface area contributed by atoms with E-state index in [1.165, 1.54) is 28.7 Å². The Morgan fingerprint density at radius 3 is 2.64 bits per heavy atom. The summed E-state index contributed by atoms with van der Waals surface area (Å²) in [6.45, 7) is 4.15. The lowest BCUT2D eigenvalue weighted by Crippen LogP contribution is -2.29. The molecule has 1 amide bonds. The maximum Gasteiger partial charge on any atom is 0.238 e. The Morgan fingerprint density at radius 1 is 1.14 bits per heavy atom. The Kier molecular flexibility index (Phi) is 5.64. The summed E-state index contributed by atoms with van der Waals surface area (Å²) in [5.74, 6) is 0.0396. The predicted molar refractivity (Wildman–Crippen MR) is 115 cm³/mol. The smallest absolute Gasteiger partial charge is 0.238 e. The Hall–Kier alpha value is -2.38. The lowest BCUT2D eigenvalue weighted by atomic mass is 10.1. The van der Waals surface area contributed by atoms with Crippen LogP contribution < -0.4 is 10.6 Å². The van der Waals surface area contributed by atoms with Gasteiger partial charge in [0.25, 0.3) is 0 Å². The maximum atomic E-state index is 12.8. The second-order valence-electron chi connectivity index (χ2n) is 7.01. The van der Waals surface area contributed by atoms with Crippen molar-refractivity contribution in [3.05, 3.63) is 65.2 Å². The van der Waals surface area contributed by atoms with Crippen molar-refractivity contribution in [3.8, 4) is 0 Å². The molecule has 144 valence electrons. The van der Waals surface area contributed by atoms with Gasteiger partial charge < -0.3 is 10.6 Å². The average Bonchev–Trinajstić information content (AvgIpc) is 3.39. The molecule has 1 aliphatic rings. The van der Waals surface area contributed by atoms with Crippen LogP contribution in [0.4, 0.5) is 10.8 Å². The molecule has 0 radical (unpaired) electrons. The fraction of sp³-hybridized carbons (Fsp3) is 0.286. The van der Waals surface area contributed by atoms with Gasteiger partial charge in [-0.3, -0.25) is 4.79 Å². The Labute approximate surface area is 173 Å². The quantitative estimate of drug-likeness (QED) is 0.536. The normalized spacial score (nSPS) is 14.5. The summed E-state index contributed by atoms with van der Waals surface area (Å²) in [6.07, 6.45) is 2.14. The molecule has 1 unspecified atom stereocenters. The first-order valence-corrected chi connectivity index (χ1v) is 11.0. The van der Waals surface area contributed by atoms with Crippen LogP contribution >= 0.6 is 23.1 Å². The number of amides is 1. The van der Waals surface area contributed by atoms with E-state index in [1.807, 2.05) is 30.3 Å². The Morgan fingerprint density at radius 2 is 1.93 bits per heavy atom. The second-order valence-corrected chi connectivity index (χ2v) is 9.34. The number of hydrogen-bond acceptors (Lipinski definition) is 6. The fourth-order valence-corrected chi connectivity index (χ4v) is 4.85. The van der Waals surface area contributed by atoms with Gasteiger partial charge in [-0.05, 0) is 43.9 Å². The standard InChI is InChI=1S/C21H22N4OS2/c1-13-8-11-17(14(2)12-13)23-20-24-25-21(28-20)27-18(15-6-4-3-5-7-15)19(26)22-16-9-10-16/h3-8,11-12,16,18H,9-10H2,1-2H3,(H,22,26)(H,23,24). The predicted octanol–water partition coefficient (Wildman–Crippen LogP) is 5.01. The van der Waals surface area contributed by atoms with Gasteiger partial charge in [0.2, 0.25) is 11.0 Å². The molecule has 2 N–H and O–H groups in total. The van der Waals surface area contributed by atoms with E-state index in [2.05, 4.69) is 52.9 Å². The van der Waals surface area contributed by atoms with Gasteiger partial charge in [0.1, 0.15) is 5.25 Å². The van der Waals surface area contributed by atoms with Crippen molar-refractivity contribution < 1.29 is 4.79 Å². The topological polar surface area (TPSA) is 66.9 Å². The van der Waals surface area contributed by atoms with Crippen LogP contribution in [0.1, 0.15) is 34.8 Å². The minimum absolute atomic E-state index is 0.0396. The first kappa shape index (κ1) is 19.0. The van der Waals surface area contributed by atoms with E-state index in [1.54, 1.807) is 0 Å². The van der Waals surface area contributed by atoms with Crippen LogP contribution in [0, 0.1) is 13.8 Å². The molecule has 1 aliphatic carbocycles. The van der Waals surface area contributed by atoms with Crippen LogP contribution in [-0.4, -0.2) is 22.1 Å². The molecule has 2 aromatic carbocycles. The van der Waals surface area contributed by atoms with E-state index in [-0.39, 0.29) is 11.2 Å². The number of benzene rings is 2. The number of aryl methyl sites for hydroxylation is 2. The van der Waals surface area contributed by atoms with E-state index >= 15 is 0 Å². The maximum absolute atomic E-state index is 12.8. The third kappa shape index (κ3) is 4.72. The van der Waals surface area contributed by atoms with Crippen LogP contribution in [0.25, 0.3) is 0 Å². The van der Waals surface area contributed by atoms with Gasteiger partial charge in [0.05, 0.1) is 0 Å². The molecule has 1 aromatic heterocycles. The molecule has 0 saturated heterocycles. The van der Waals surface area contributed by atoms with Gasteiger partial charge in [-0.2, -0.15) is 0 Å². The molecule has 7 heteroatoms. The van der Waals surface area contributed by atoms with Crippen molar-refractivity contribution in [1.82, 2.24) is 15.5 Å². The zero-order valence-electron chi connectivity index (χ0n) is 15.8. The number of thioether (sulfide) groups is 1. The molecule has 1 atom stereocenters. The van der Waals surface area contributed by atoms with Crippen LogP contribution in [0.3, 0.4) is 0 Å². The molecule has 1 fully saturated rings. The average molecular weight is 411 g/mol. The van der Waals surface area contributed by atoms with Crippen molar-refractivity contribution >= 4 is 39.8 Å². The van der Waals surface area contributed by atoms with Crippen molar-refractivity contribution in [1.29, 1.82) is 0 Å². The highest BCUT2D eigenvalue weighted by molar-refractivity contribution is 8.01. The summed E-state index contributed by atoms with van der Waals surface area (Å²) in [6, 6.07) is 16.4. The molecule has 1 saturated carbocycles. The van der Waals surface area contributed by atoms with E-state index in [4.69, 9.17) is 0 Å². The fourth-order valence-electron chi connectivity index (χ4n) is 2.88. The van der Waals surface area contributed by atoms with Gasteiger partial charge >= 0.3 is 0 Å². The molecule has 1 heterocycles. The lowest BCUT2D eigenvalue weighted by molar-refractivity contribution is -0.120. The molecule has 4 rings (SSSR count). The summed E-state index contributed by atoms with van der Waals surface area (Å²) >= 11 is 2.92. The van der Waals surface area contributed by atoms with E-state index in [9.17, 15) is 4.79 Å². The Balaban J connectivity index is 1.50. The SMILES string of the molecule is Cc1ccc(Nc2nnc(SC(C(=O)NC3CC3)c3ccccc3)s2)c(C)c1. The van der Waals surface area contributed by atoms with Crippen LogP contribution in [0.5, 0.6) is 0 Å². The minimum atomic E-state index is -0.330. The number of carbonyl (C=O) groups is 1. The van der Waals surface area contributed by atoms with Gasteiger partial charge in [0, 0.05) is 11.7 Å². The first-order valence-electron chi connectivity index (χ1n) is 9.28. The molecule has 0 spiro atoms. The summed E-state index contributed by atoms with van der Waals surface area (Å²) in [7, 11) is 0. The molecule has 0 aliphatic heterocycles. The molecule has 5 nitrogen and oxygen atoms in total. The highest BCUT2D eigenvalue weighted by atomic mass is 32.2. The van der Waals surface area contributed by atoms with E-state index in [0.29, 0.717) is 6.04 Å². The zero-order valence-corrected chi connectivity index (χ0v) is 17.4. The minimum Gasteiger partial charge on any atom is -0.352 e. The molecular formula is C21H22N4OS2. The van der Waals surface area contributed by atoms with Crippen molar-refractivity contribution in [3.63, 3.8) is 0 Å². The van der Waals surface area contributed by atoms with E-state index in [0.717, 1.165) is 39.1 Å². The highest BCUT2D eigenvalue weighted by Gasteiger charge is 2.29. The third-order valence-corrected chi connectivity index (χ3v) is 6.69. The monoisotopic (exact) mass is 410 g/mol. The summed E-state index contributed by atoms with van der Waals surface area (Å²) in [5.41, 5.74) is 4.38. The highest BCUT2D eigenvalue weighted by Crippen LogP contribution is 2.39. The third-order valence-electron chi connectivity index (χ3n) is 4.51. The number of carbonyl (C=O) groups excluding carboxylic acids is 1. The number of rotatable bonds is 7. The lowest BCUT2D eigenvalue weighted by Gasteiger charge is -2.15. The van der Waals surface area contributed by atoms with E-state index < -0.39 is 0 Å². The second kappa shape index (κ2) is 8.32. The van der Waals surface area contributed by atoms with Crippen LogP contribution in [-0.2, 0) is 4.79 Å². The van der Waals surface area contributed by atoms with Gasteiger partial charge in [0.15, 0.2) is 4.34 Å². The number of hydrogen-bond donors (Lipinski definition) is 2. The number of nitrogens with zero attached hydrogens (tertiary/aromatic N) is 2. The van der Waals surface area contributed by atoms with Gasteiger partial charge in [-0.15, -0.1) is 10.2 Å². The van der Waals surface area contributed by atoms with Gasteiger partial charge in [-0.25, -0.2) is 0 Å². The Bertz CT molecular complexity index is 970. The zero-order chi connectivity index (χ0) is 19.5. The number of aromatic nitrogens is 2. The molecule has 0 bridgehead atoms. The summed E-state index contributed by atoms with van der Waals surface area (Å²) in [4.78, 5) is 12.8. The summed E-state index contributed by atoms with van der Waals surface area (Å²) < 4.78 is 0.770. The van der Waals surface area contributed by atoms with Crippen molar-refractivity contribution in [2.75, 3.05) is 5.32 Å². The van der Waals surface area contributed by atoms with Crippen LogP contribution in [0.2, 0.25) is 0 Å². The van der Waals surface area contributed by atoms with Crippen LogP contribution in [0.15, 0.2) is 52.9 Å². The number of anilines is 2. The molecule has 28 heavy (non-hydrogen) atoms. The number of nitrogens with one attached hydrogen (secondary N) is 2. The summed E-state index contributed by atoms with van der Waals surface area (Å²) in [5, 5.41) is 15.4. The molecule has 3 aromatic rings. The molecular weight excluding hydrogens is 388 g/mol. The first-order chi connectivity index (χ1) is 13.6. The largest absolute Gasteiger partial charge is 0.352 e. The van der Waals surface area contributed by atoms with Gasteiger partial charge in [-0.1, -0.05) is 71.1 Å². The van der Waals surface area contributed by atoms with Crippen molar-refractivity contribution in [2.45, 2.75) is 42.3 Å². The van der Waals surface area contributed by atoms with Crippen molar-refractivity contribution in [2.24, 2.45) is 0 Å².